The second-order valence-corrected chi connectivity index (χ2v) is 7.82. The van der Waals surface area contributed by atoms with Gasteiger partial charge in [-0.1, -0.05) is 12.1 Å². The van der Waals surface area contributed by atoms with Crippen molar-refractivity contribution in [1.29, 1.82) is 0 Å². The SMILES string of the molecule is CCC(C)(NOC(C)NC(=O)OC(C)(C)C)/C(CNC(=O)c1ccc([N+](=O)[O-])o1)=N/O. The molecule has 1 aromatic rings. The van der Waals surface area contributed by atoms with Crippen molar-refractivity contribution in [1.82, 2.24) is 16.1 Å². The summed E-state index contributed by atoms with van der Waals surface area (Å²) < 4.78 is 9.97. The van der Waals surface area contributed by atoms with Crippen LogP contribution in [-0.4, -0.2) is 51.8 Å². The van der Waals surface area contributed by atoms with Gasteiger partial charge in [0.25, 0.3) is 5.91 Å². The second kappa shape index (κ2) is 10.7. The molecular weight excluding hydrogens is 414 g/mol. The first kappa shape index (κ1) is 25.8. The van der Waals surface area contributed by atoms with E-state index in [2.05, 4.69) is 21.3 Å². The number of ether oxygens (including phenoxy) is 1. The summed E-state index contributed by atoms with van der Waals surface area (Å²) in [6.45, 7) is 9.97. The molecule has 2 atom stereocenters. The minimum Gasteiger partial charge on any atom is -0.444 e. The number of furan rings is 1. The van der Waals surface area contributed by atoms with Crippen LogP contribution in [0.4, 0.5) is 10.7 Å². The van der Waals surface area contributed by atoms with Gasteiger partial charge in [-0.3, -0.25) is 25.1 Å². The number of carbonyl (C=O) groups excluding carboxylic acids is 2. The molecule has 2 amide bonds. The Kier molecular flexibility index (Phi) is 8.94. The van der Waals surface area contributed by atoms with Crippen molar-refractivity contribution in [3.8, 4) is 0 Å². The minimum absolute atomic E-state index is 0.105. The largest absolute Gasteiger partial charge is 0.444 e. The molecule has 1 heterocycles. The fraction of sp³-hybridized carbons (Fsp3) is 0.611. The highest BCUT2D eigenvalue weighted by atomic mass is 16.7. The van der Waals surface area contributed by atoms with Gasteiger partial charge in [0.2, 0.25) is 0 Å². The molecule has 0 saturated carbocycles. The van der Waals surface area contributed by atoms with E-state index in [4.69, 9.17) is 14.0 Å². The van der Waals surface area contributed by atoms with Crippen molar-refractivity contribution < 1.29 is 33.7 Å². The Bertz CT molecular complexity index is 816. The Morgan fingerprint density at radius 1 is 1.32 bits per heavy atom. The lowest BCUT2D eigenvalue weighted by molar-refractivity contribution is -0.402. The molecule has 0 aliphatic heterocycles. The van der Waals surface area contributed by atoms with E-state index in [1.165, 1.54) is 0 Å². The zero-order chi connectivity index (χ0) is 23.8. The molecule has 31 heavy (non-hydrogen) atoms. The minimum atomic E-state index is -1.03. The van der Waals surface area contributed by atoms with Gasteiger partial charge in [-0.05, 0) is 47.1 Å². The number of carbonyl (C=O) groups is 2. The molecule has 0 aliphatic carbocycles. The van der Waals surface area contributed by atoms with Crippen LogP contribution in [0.1, 0.15) is 58.5 Å². The fourth-order valence-electron chi connectivity index (χ4n) is 2.20. The van der Waals surface area contributed by atoms with Crippen LogP contribution in [0.25, 0.3) is 0 Å². The van der Waals surface area contributed by atoms with Crippen molar-refractivity contribution >= 4 is 23.6 Å². The van der Waals surface area contributed by atoms with E-state index in [0.29, 0.717) is 6.42 Å². The first-order valence-corrected chi connectivity index (χ1v) is 9.47. The molecule has 1 rings (SSSR count). The van der Waals surface area contributed by atoms with E-state index in [1.807, 2.05) is 0 Å². The van der Waals surface area contributed by atoms with Gasteiger partial charge in [0, 0.05) is 0 Å². The van der Waals surface area contributed by atoms with E-state index in [-0.39, 0.29) is 18.0 Å². The zero-order valence-electron chi connectivity index (χ0n) is 18.3. The molecule has 0 aliphatic rings. The van der Waals surface area contributed by atoms with E-state index in [9.17, 15) is 24.9 Å². The maximum Gasteiger partial charge on any atom is 0.433 e. The summed E-state index contributed by atoms with van der Waals surface area (Å²) in [5.41, 5.74) is 1.13. The van der Waals surface area contributed by atoms with Crippen molar-refractivity contribution in [3.05, 3.63) is 28.0 Å². The molecule has 174 valence electrons. The van der Waals surface area contributed by atoms with Gasteiger partial charge in [-0.25, -0.2) is 4.79 Å². The van der Waals surface area contributed by atoms with Crippen LogP contribution >= 0.6 is 0 Å². The normalized spacial score (nSPS) is 15.0. The third-order valence-electron chi connectivity index (χ3n) is 4.06. The highest BCUT2D eigenvalue weighted by Gasteiger charge is 2.31. The van der Waals surface area contributed by atoms with Gasteiger partial charge >= 0.3 is 12.0 Å². The van der Waals surface area contributed by atoms with Gasteiger partial charge in [0.15, 0.2) is 12.0 Å². The average molecular weight is 443 g/mol. The van der Waals surface area contributed by atoms with E-state index in [1.54, 1.807) is 41.5 Å². The number of nitrogens with one attached hydrogen (secondary N) is 3. The summed E-state index contributed by atoms with van der Waals surface area (Å²) in [7, 11) is 0. The monoisotopic (exact) mass is 443 g/mol. The summed E-state index contributed by atoms with van der Waals surface area (Å²) in [5.74, 6) is -1.56. The molecule has 0 aromatic carbocycles. The van der Waals surface area contributed by atoms with Crippen molar-refractivity contribution in [3.63, 3.8) is 0 Å². The molecule has 1 aromatic heterocycles. The highest BCUT2D eigenvalue weighted by molar-refractivity contribution is 5.99. The maximum atomic E-state index is 12.1. The first-order chi connectivity index (χ1) is 14.3. The second-order valence-electron chi connectivity index (χ2n) is 7.82. The third kappa shape index (κ3) is 8.22. The van der Waals surface area contributed by atoms with Gasteiger partial charge in [-0.15, -0.1) is 0 Å². The van der Waals surface area contributed by atoms with Crippen LogP contribution < -0.4 is 16.1 Å². The number of rotatable bonds is 10. The number of amides is 2. The lowest BCUT2D eigenvalue weighted by Gasteiger charge is -2.31. The standard InChI is InChI=1S/C18H29N5O8/c1-7-18(6,22-31-11(2)20-16(25)30-17(3,4)5)13(21-26)10-19-15(24)12-8-9-14(29-12)23(27)28/h8-9,11,22,26H,7,10H2,1-6H3,(H,19,24)(H,20,25)/b21-13+. The van der Waals surface area contributed by atoms with E-state index >= 15 is 0 Å². The van der Waals surface area contributed by atoms with Crippen molar-refractivity contribution in [2.24, 2.45) is 5.16 Å². The third-order valence-corrected chi connectivity index (χ3v) is 4.06. The highest BCUT2D eigenvalue weighted by Crippen LogP contribution is 2.16. The molecule has 0 bridgehead atoms. The van der Waals surface area contributed by atoms with E-state index in [0.717, 1.165) is 12.1 Å². The average Bonchev–Trinajstić information content (AvgIpc) is 3.15. The van der Waals surface area contributed by atoms with E-state index < -0.39 is 40.2 Å². The molecule has 0 saturated heterocycles. The van der Waals surface area contributed by atoms with Crippen LogP contribution in [0.5, 0.6) is 0 Å². The van der Waals surface area contributed by atoms with Crippen LogP contribution in [0.15, 0.2) is 21.7 Å². The molecule has 0 fully saturated rings. The van der Waals surface area contributed by atoms with Crippen LogP contribution in [-0.2, 0) is 9.57 Å². The molecule has 0 spiro atoms. The predicted molar refractivity (Wildman–Crippen MR) is 109 cm³/mol. The Balaban J connectivity index is 2.67. The number of hydrogen-bond acceptors (Lipinski definition) is 10. The topological polar surface area (TPSA) is 178 Å². The Morgan fingerprint density at radius 3 is 2.45 bits per heavy atom. The summed E-state index contributed by atoms with van der Waals surface area (Å²) in [5, 5.41) is 28.3. The lowest BCUT2D eigenvalue weighted by atomic mass is 9.93. The zero-order valence-corrected chi connectivity index (χ0v) is 18.3. The molecule has 13 nitrogen and oxygen atoms in total. The van der Waals surface area contributed by atoms with Gasteiger partial charge in [0.05, 0.1) is 23.9 Å². The smallest absolute Gasteiger partial charge is 0.433 e. The lowest BCUT2D eigenvalue weighted by Crippen LogP contribution is -2.55. The quantitative estimate of drug-likeness (QED) is 0.139. The summed E-state index contributed by atoms with van der Waals surface area (Å²) in [6.07, 6.45) is -1.08. The van der Waals surface area contributed by atoms with Crippen molar-refractivity contribution in [2.75, 3.05) is 6.54 Å². The van der Waals surface area contributed by atoms with Gasteiger partial charge in [0.1, 0.15) is 10.5 Å². The number of nitro groups is 1. The predicted octanol–water partition coefficient (Wildman–Crippen LogP) is 2.31. The number of oxime groups is 1. The molecule has 4 N–H and O–H groups in total. The summed E-state index contributed by atoms with van der Waals surface area (Å²) in [4.78, 5) is 39.3. The Labute approximate surface area is 179 Å². The number of hydroxylamine groups is 1. The van der Waals surface area contributed by atoms with Crippen LogP contribution in [0.3, 0.4) is 0 Å². The van der Waals surface area contributed by atoms with Crippen LogP contribution in [0.2, 0.25) is 0 Å². The Hall–Kier alpha value is -3.19. The van der Waals surface area contributed by atoms with Gasteiger partial charge in [-0.2, -0.15) is 5.48 Å². The number of alkyl carbamates (subject to hydrolysis) is 1. The number of nitrogens with zero attached hydrogens (tertiary/aromatic N) is 2. The summed E-state index contributed by atoms with van der Waals surface area (Å²) in [6, 6.07) is 2.22. The first-order valence-electron chi connectivity index (χ1n) is 9.47. The Morgan fingerprint density at radius 2 is 1.97 bits per heavy atom. The fourth-order valence-corrected chi connectivity index (χ4v) is 2.20. The molecule has 0 radical (unpaired) electrons. The van der Waals surface area contributed by atoms with Crippen molar-refractivity contribution in [2.45, 2.75) is 65.3 Å². The summed E-state index contributed by atoms with van der Waals surface area (Å²) >= 11 is 0. The van der Waals surface area contributed by atoms with Gasteiger partial charge < -0.3 is 19.7 Å². The number of hydrogen-bond donors (Lipinski definition) is 4. The molecule has 2 unspecified atom stereocenters. The molecular formula is C18H29N5O8. The molecule has 13 heteroatoms. The maximum absolute atomic E-state index is 12.1. The van der Waals surface area contributed by atoms with Crippen LogP contribution in [0, 0.1) is 10.1 Å².